The second kappa shape index (κ2) is 3.43. The molecule has 0 aliphatic carbocycles. The van der Waals surface area contributed by atoms with Crippen molar-refractivity contribution in [3.05, 3.63) is 0 Å². The third-order valence-corrected chi connectivity index (χ3v) is 1.03. The number of hydrogen-bond donors (Lipinski definition) is 1. The zero-order valence-corrected chi connectivity index (χ0v) is 5.51. The summed E-state index contributed by atoms with van der Waals surface area (Å²) in [6, 6.07) is 0. The lowest BCUT2D eigenvalue weighted by Crippen LogP contribution is -2.27. The molecule has 3 nitrogen and oxygen atoms in total. The Balaban J connectivity index is 3.63. The highest BCUT2D eigenvalue weighted by atomic mass is 16.5. The van der Waals surface area contributed by atoms with Crippen molar-refractivity contribution in [2.24, 2.45) is 10.7 Å². The first-order valence-electron chi connectivity index (χ1n) is 2.47. The number of ether oxygens (including phenoxy) is 1. The highest BCUT2D eigenvalue weighted by Crippen LogP contribution is 1.84. The summed E-state index contributed by atoms with van der Waals surface area (Å²) < 4.78 is 4.85. The lowest BCUT2D eigenvalue weighted by atomic mass is 10.4. The van der Waals surface area contributed by atoms with Crippen LogP contribution in [-0.4, -0.2) is 26.1 Å². The molecular formula is C5H12N2O. The molecule has 0 heterocycles. The maximum Gasteiger partial charge on any atom is 0.123 e. The fourth-order valence-electron chi connectivity index (χ4n) is 0.303. The van der Waals surface area contributed by atoms with E-state index in [1.165, 1.54) is 0 Å². The first-order chi connectivity index (χ1) is 3.72. The van der Waals surface area contributed by atoms with Crippen LogP contribution < -0.4 is 5.73 Å². The summed E-state index contributed by atoms with van der Waals surface area (Å²) in [4.78, 5) is 3.73. The van der Waals surface area contributed by atoms with Gasteiger partial charge in [0.25, 0.3) is 0 Å². The second-order valence-electron chi connectivity index (χ2n) is 1.53. The SMILES string of the molecule is CN=C(N)[C@@H](C)OC. The van der Waals surface area contributed by atoms with Gasteiger partial charge < -0.3 is 10.5 Å². The predicted octanol–water partition coefficient (Wildman–Crippen LogP) is 0.00830. The van der Waals surface area contributed by atoms with Gasteiger partial charge in [0.15, 0.2) is 0 Å². The van der Waals surface area contributed by atoms with Gasteiger partial charge in [0.05, 0.1) is 0 Å². The number of nitrogens with two attached hydrogens (primary N) is 1. The summed E-state index contributed by atoms with van der Waals surface area (Å²) in [7, 11) is 3.24. The molecule has 0 rings (SSSR count). The molecule has 0 bridgehead atoms. The monoisotopic (exact) mass is 116 g/mol. The second-order valence-corrected chi connectivity index (χ2v) is 1.53. The Kier molecular flexibility index (Phi) is 3.19. The normalized spacial score (nSPS) is 16.1. The first kappa shape index (κ1) is 7.43. The largest absolute Gasteiger partial charge is 0.385 e. The molecule has 0 radical (unpaired) electrons. The van der Waals surface area contributed by atoms with Crippen LogP contribution in [-0.2, 0) is 4.74 Å². The van der Waals surface area contributed by atoms with E-state index in [1.54, 1.807) is 14.2 Å². The van der Waals surface area contributed by atoms with Crippen molar-refractivity contribution in [2.75, 3.05) is 14.2 Å². The van der Waals surface area contributed by atoms with Gasteiger partial charge in [-0.15, -0.1) is 0 Å². The van der Waals surface area contributed by atoms with Crippen LogP contribution >= 0.6 is 0 Å². The average molecular weight is 116 g/mol. The van der Waals surface area contributed by atoms with Crippen molar-refractivity contribution in [2.45, 2.75) is 13.0 Å². The first-order valence-corrected chi connectivity index (χ1v) is 2.47. The summed E-state index contributed by atoms with van der Waals surface area (Å²) in [5.41, 5.74) is 5.35. The maximum absolute atomic E-state index is 5.35. The van der Waals surface area contributed by atoms with Crippen LogP contribution in [0.3, 0.4) is 0 Å². The molecule has 3 heteroatoms. The van der Waals surface area contributed by atoms with Crippen LogP contribution in [0.4, 0.5) is 0 Å². The van der Waals surface area contributed by atoms with E-state index < -0.39 is 0 Å². The summed E-state index contributed by atoms with van der Waals surface area (Å²) >= 11 is 0. The van der Waals surface area contributed by atoms with E-state index >= 15 is 0 Å². The van der Waals surface area contributed by atoms with Crippen LogP contribution in [0.25, 0.3) is 0 Å². The summed E-state index contributed by atoms with van der Waals surface area (Å²) in [5, 5.41) is 0. The van der Waals surface area contributed by atoms with Crippen LogP contribution in [0, 0.1) is 0 Å². The van der Waals surface area contributed by atoms with E-state index in [-0.39, 0.29) is 6.10 Å². The van der Waals surface area contributed by atoms with E-state index in [0.717, 1.165) is 0 Å². The summed E-state index contributed by atoms with van der Waals surface area (Å²) in [6.45, 7) is 1.85. The standard InChI is InChI=1S/C5H12N2O/c1-4(8-3)5(6)7-2/h4H,1-3H3,(H2,6,7)/t4-/m1/s1. The topological polar surface area (TPSA) is 47.6 Å². The minimum absolute atomic E-state index is 0.0556. The average Bonchev–Trinajstić information content (AvgIpc) is 1.84. The van der Waals surface area contributed by atoms with Crippen LogP contribution in [0.15, 0.2) is 4.99 Å². The third kappa shape index (κ3) is 1.93. The number of amidine groups is 1. The molecule has 0 aromatic heterocycles. The van der Waals surface area contributed by atoms with Gasteiger partial charge in [-0.1, -0.05) is 0 Å². The quantitative estimate of drug-likeness (QED) is 0.408. The zero-order valence-electron chi connectivity index (χ0n) is 5.51. The lowest BCUT2D eigenvalue weighted by Gasteiger charge is -2.05. The molecule has 0 spiro atoms. The molecule has 0 aliphatic heterocycles. The highest BCUT2D eigenvalue weighted by Gasteiger charge is 2.00. The Hall–Kier alpha value is -0.570. The predicted molar refractivity (Wildman–Crippen MR) is 34.0 cm³/mol. The van der Waals surface area contributed by atoms with E-state index in [0.29, 0.717) is 5.84 Å². The fraction of sp³-hybridized carbons (Fsp3) is 0.800. The van der Waals surface area contributed by atoms with Crippen molar-refractivity contribution in [1.82, 2.24) is 0 Å². The van der Waals surface area contributed by atoms with Crippen molar-refractivity contribution in [3.63, 3.8) is 0 Å². The maximum atomic E-state index is 5.35. The minimum atomic E-state index is -0.0556. The zero-order chi connectivity index (χ0) is 6.57. The van der Waals surface area contributed by atoms with Gasteiger partial charge in [-0.05, 0) is 6.92 Å². The van der Waals surface area contributed by atoms with Crippen molar-refractivity contribution in [1.29, 1.82) is 0 Å². The molecule has 2 N–H and O–H groups in total. The van der Waals surface area contributed by atoms with Gasteiger partial charge in [0.1, 0.15) is 11.9 Å². The fourth-order valence-corrected chi connectivity index (χ4v) is 0.303. The van der Waals surface area contributed by atoms with Gasteiger partial charge in [-0.25, -0.2) is 0 Å². The van der Waals surface area contributed by atoms with Crippen LogP contribution in [0.5, 0.6) is 0 Å². The molecular weight excluding hydrogens is 104 g/mol. The van der Waals surface area contributed by atoms with E-state index in [4.69, 9.17) is 10.5 Å². The molecule has 0 saturated heterocycles. The van der Waals surface area contributed by atoms with Gasteiger partial charge in [0.2, 0.25) is 0 Å². The molecule has 0 aromatic carbocycles. The Morgan fingerprint density at radius 2 is 2.25 bits per heavy atom. The third-order valence-electron chi connectivity index (χ3n) is 1.03. The molecule has 0 amide bonds. The van der Waals surface area contributed by atoms with Gasteiger partial charge in [-0.3, -0.25) is 4.99 Å². The number of hydrogen-bond acceptors (Lipinski definition) is 2. The molecule has 0 aromatic rings. The molecule has 0 aliphatic rings. The molecule has 8 heavy (non-hydrogen) atoms. The number of aliphatic imine (C=N–C) groups is 1. The molecule has 48 valence electrons. The van der Waals surface area contributed by atoms with Gasteiger partial charge >= 0.3 is 0 Å². The number of methoxy groups -OCH3 is 1. The summed E-state index contributed by atoms with van der Waals surface area (Å²) in [5.74, 6) is 0.535. The smallest absolute Gasteiger partial charge is 0.123 e. The Morgan fingerprint density at radius 3 is 2.38 bits per heavy atom. The Bertz CT molecular complexity index is 90.4. The number of nitrogens with zero attached hydrogens (tertiary/aromatic N) is 1. The molecule has 0 unspecified atom stereocenters. The van der Waals surface area contributed by atoms with Crippen LogP contribution in [0.2, 0.25) is 0 Å². The van der Waals surface area contributed by atoms with Crippen molar-refractivity contribution >= 4 is 5.84 Å². The lowest BCUT2D eigenvalue weighted by molar-refractivity contribution is 0.169. The minimum Gasteiger partial charge on any atom is -0.385 e. The molecule has 0 saturated carbocycles. The van der Waals surface area contributed by atoms with E-state index in [9.17, 15) is 0 Å². The summed E-state index contributed by atoms with van der Waals surface area (Å²) in [6.07, 6.45) is -0.0556. The molecule has 1 atom stereocenters. The van der Waals surface area contributed by atoms with Gasteiger partial charge in [-0.2, -0.15) is 0 Å². The van der Waals surface area contributed by atoms with Gasteiger partial charge in [0, 0.05) is 14.2 Å². The van der Waals surface area contributed by atoms with Crippen molar-refractivity contribution < 1.29 is 4.74 Å². The van der Waals surface area contributed by atoms with E-state index in [1.807, 2.05) is 6.92 Å². The van der Waals surface area contributed by atoms with Crippen LogP contribution in [0.1, 0.15) is 6.92 Å². The number of rotatable bonds is 2. The van der Waals surface area contributed by atoms with Crippen molar-refractivity contribution in [3.8, 4) is 0 Å². The highest BCUT2D eigenvalue weighted by molar-refractivity contribution is 5.84. The van der Waals surface area contributed by atoms with E-state index in [2.05, 4.69) is 4.99 Å². The Labute approximate surface area is 49.5 Å². The molecule has 0 fully saturated rings. The Morgan fingerprint density at radius 1 is 1.75 bits per heavy atom.